The molecule has 1 aliphatic heterocycles. The van der Waals surface area contributed by atoms with Crippen molar-refractivity contribution in [3.8, 4) is 0 Å². The highest BCUT2D eigenvalue weighted by Crippen LogP contribution is 2.31. The van der Waals surface area contributed by atoms with Gasteiger partial charge in [-0.2, -0.15) is 0 Å². The number of fused-ring (bicyclic) bond motifs is 1. The van der Waals surface area contributed by atoms with Crippen LogP contribution in [0.2, 0.25) is 0 Å². The second-order valence-electron chi connectivity index (χ2n) is 7.85. The summed E-state index contributed by atoms with van der Waals surface area (Å²) in [7, 11) is 2.77. The van der Waals surface area contributed by atoms with Crippen molar-refractivity contribution in [3.63, 3.8) is 0 Å². The zero-order valence-corrected chi connectivity index (χ0v) is 16.7. The van der Waals surface area contributed by atoms with Crippen LogP contribution in [0.15, 0.2) is 33.9 Å². The Bertz CT molecular complexity index is 1120. The summed E-state index contributed by atoms with van der Waals surface area (Å²) < 4.78 is 16.2. The van der Waals surface area contributed by atoms with E-state index in [4.69, 9.17) is 0 Å². The van der Waals surface area contributed by atoms with Crippen LogP contribution in [0.25, 0.3) is 0 Å². The van der Waals surface area contributed by atoms with Crippen LogP contribution in [-0.4, -0.2) is 27.5 Å². The van der Waals surface area contributed by atoms with Gasteiger partial charge in [0, 0.05) is 32.5 Å². The molecule has 2 heterocycles. The molecule has 1 atom stereocenters. The molecule has 1 aromatic heterocycles. The molecular formula is C20H23FN4O4. The van der Waals surface area contributed by atoms with Gasteiger partial charge in [0.1, 0.15) is 11.6 Å². The number of nitrogens with one attached hydrogen (secondary N) is 2. The lowest BCUT2D eigenvalue weighted by molar-refractivity contribution is -0.125. The molecule has 8 nitrogen and oxygen atoms in total. The zero-order chi connectivity index (χ0) is 21.5. The molecule has 2 aromatic rings. The number of anilines is 1. The Balaban J connectivity index is 1.78. The van der Waals surface area contributed by atoms with Crippen LogP contribution in [-0.2, 0) is 29.1 Å². The van der Waals surface area contributed by atoms with Gasteiger partial charge in [0.2, 0.25) is 11.8 Å². The van der Waals surface area contributed by atoms with E-state index in [2.05, 4.69) is 10.6 Å². The first-order valence-corrected chi connectivity index (χ1v) is 9.17. The molecule has 0 aliphatic carbocycles. The number of nitrogens with zero attached hydrogens (tertiary/aromatic N) is 2. The number of hydrogen-bond donors (Lipinski definition) is 2. The maximum atomic E-state index is 14.1. The number of amides is 2. The largest absolute Gasteiger partial charge is 0.355 e. The van der Waals surface area contributed by atoms with Gasteiger partial charge in [-0.15, -0.1) is 0 Å². The zero-order valence-electron chi connectivity index (χ0n) is 16.7. The van der Waals surface area contributed by atoms with Gasteiger partial charge in [0.25, 0.3) is 5.56 Å². The highest BCUT2D eigenvalue weighted by molar-refractivity contribution is 6.03. The molecule has 3 rings (SSSR count). The average Bonchev–Trinajstić information content (AvgIpc) is 3.00. The molecule has 0 spiro atoms. The molecule has 0 fully saturated rings. The number of carbonyl (C=O) groups excluding carboxylic acids is 2. The fourth-order valence-electron chi connectivity index (χ4n) is 3.55. The Hall–Kier alpha value is -3.23. The van der Waals surface area contributed by atoms with E-state index in [1.54, 1.807) is 32.0 Å². The number of aromatic nitrogens is 2. The lowest BCUT2D eigenvalue weighted by Gasteiger charge is -2.26. The fourth-order valence-corrected chi connectivity index (χ4v) is 3.55. The lowest BCUT2D eigenvalue weighted by atomic mass is 9.84. The van der Waals surface area contributed by atoms with Crippen LogP contribution in [0.5, 0.6) is 0 Å². The van der Waals surface area contributed by atoms with Crippen molar-refractivity contribution in [2.75, 3.05) is 11.9 Å². The molecule has 9 heteroatoms. The molecule has 29 heavy (non-hydrogen) atoms. The predicted molar refractivity (Wildman–Crippen MR) is 105 cm³/mol. The Labute approximate surface area is 166 Å². The minimum Gasteiger partial charge on any atom is -0.355 e. The highest BCUT2D eigenvalue weighted by Gasteiger charge is 2.38. The molecule has 0 unspecified atom stereocenters. The van der Waals surface area contributed by atoms with E-state index in [0.29, 0.717) is 5.56 Å². The minimum atomic E-state index is -0.993. The van der Waals surface area contributed by atoms with Crippen LogP contribution in [0, 0.1) is 5.82 Å². The van der Waals surface area contributed by atoms with Crippen molar-refractivity contribution < 1.29 is 14.0 Å². The van der Waals surface area contributed by atoms with E-state index in [0.717, 1.165) is 4.57 Å². The number of halogens is 1. The molecule has 0 bridgehead atoms. The summed E-state index contributed by atoms with van der Waals surface area (Å²) in [5.41, 5.74) is -1.27. The fraction of sp³-hybridized carbons (Fsp3) is 0.400. The third-order valence-electron chi connectivity index (χ3n) is 5.33. The van der Waals surface area contributed by atoms with Crippen LogP contribution < -0.4 is 21.9 Å². The molecule has 2 amide bonds. The molecule has 2 N–H and O–H groups in total. The summed E-state index contributed by atoms with van der Waals surface area (Å²) in [6, 6.07) is 6.34. The van der Waals surface area contributed by atoms with E-state index in [9.17, 15) is 23.6 Å². The SMILES string of the molecule is Cn1c2c(c(=O)n(C)c1=O)[C@H](CC(=O)NCC(C)(C)c1ccccc1F)C(=O)N2. The topological polar surface area (TPSA) is 102 Å². The molecule has 1 aliphatic rings. The van der Waals surface area contributed by atoms with Gasteiger partial charge in [-0.05, 0) is 11.6 Å². The van der Waals surface area contributed by atoms with Crippen LogP contribution in [0.3, 0.4) is 0 Å². The Morgan fingerprint density at radius 3 is 2.48 bits per heavy atom. The van der Waals surface area contributed by atoms with Gasteiger partial charge in [-0.1, -0.05) is 32.0 Å². The summed E-state index contributed by atoms with van der Waals surface area (Å²) in [6.07, 6.45) is -0.250. The summed E-state index contributed by atoms with van der Waals surface area (Å²) in [4.78, 5) is 49.4. The number of benzene rings is 1. The first-order valence-electron chi connectivity index (χ1n) is 9.17. The van der Waals surface area contributed by atoms with Gasteiger partial charge in [-0.3, -0.25) is 23.5 Å². The molecule has 1 aromatic carbocycles. The summed E-state index contributed by atoms with van der Waals surface area (Å²) in [6.45, 7) is 3.75. The molecule has 154 valence electrons. The molecule has 0 saturated heterocycles. The maximum absolute atomic E-state index is 14.1. The predicted octanol–water partition coefficient (Wildman–Crippen LogP) is 0.743. The lowest BCUT2D eigenvalue weighted by Crippen LogP contribution is -2.40. The van der Waals surface area contributed by atoms with Crippen LogP contribution in [0.4, 0.5) is 10.2 Å². The Morgan fingerprint density at radius 2 is 1.83 bits per heavy atom. The summed E-state index contributed by atoms with van der Waals surface area (Å²) in [5, 5.41) is 5.24. The normalized spacial score (nSPS) is 15.8. The highest BCUT2D eigenvalue weighted by atomic mass is 19.1. The van der Waals surface area contributed by atoms with Gasteiger partial charge in [0.15, 0.2) is 0 Å². The Morgan fingerprint density at radius 1 is 1.17 bits per heavy atom. The second-order valence-corrected chi connectivity index (χ2v) is 7.85. The second kappa shape index (κ2) is 7.31. The van der Waals surface area contributed by atoms with Crippen molar-refractivity contribution in [1.29, 1.82) is 0 Å². The summed E-state index contributed by atoms with van der Waals surface area (Å²) in [5.74, 6) is -2.19. The van der Waals surface area contributed by atoms with E-state index in [1.165, 1.54) is 24.7 Å². The number of rotatable bonds is 5. The van der Waals surface area contributed by atoms with Crippen LogP contribution >= 0.6 is 0 Å². The van der Waals surface area contributed by atoms with Gasteiger partial charge in [0.05, 0.1) is 11.5 Å². The van der Waals surface area contributed by atoms with Gasteiger partial charge in [-0.25, -0.2) is 9.18 Å². The van der Waals surface area contributed by atoms with Crippen molar-refractivity contribution >= 4 is 17.6 Å². The average molecular weight is 402 g/mol. The van der Waals surface area contributed by atoms with Crippen molar-refractivity contribution in [2.24, 2.45) is 14.1 Å². The molecular weight excluding hydrogens is 379 g/mol. The van der Waals surface area contributed by atoms with Crippen LogP contribution in [0.1, 0.15) is 37.3 Å². The maximum Gasteiger partial charge on any atom is 0.332 e. The number of hydrogen-bond acceptors (Lipinski definition) is 4. The van der Waals surface area contributed by atoms with Gasteiger partial charge >= 0.3 is 5.69 Å². The first-order chi connectivity index (χ1) is 13.5. The third kappa shape index (κ3) is 3.59. The quantitative estimate of drug-likeness (QED) is 0.770. The molecule has 0 radical (unpaired) electrons. The van der Waals surface area contributed by atoms with Gasteiger partial charge < -0.3 is 10.6 Å². The monoisotopic (exact) mass is 402 g/mol. The molecule has 0 saturated carbocycles. The third-order valence-corrected chi connectivity index (χ3v) is 5.33. The van der Waals surface area contributed by atoms with E-state index < -0.39 is 34.4 Å². The van der Waals surface area contributed by atoms with Crippen molar-refractivity contribution in [3.05, 3.63) is 62.0 Å². The first kappa shape index (κ1) is 20.5. The standard InChI is InChI=1S/C20H23FN4O4/c1-20(2,12-7-5-6-8-13(12)21)10-22-14(26)9-11-15-16(23-17(11)27)24(3)19(29)25(4)18(15)28/h5-8,11H,9-10H2,1-4H3,(H,22,26)(H,23,27)/t11-/m0/s1. The van der Waals surface area contributed by atoms with E-state index in [1.807, 2.05) is 0 Å². The smallest absolute Gasteiger partial charge is 0.332 e. The van der Waals surface area contributed by atoms with E-state index >= 15 is 0 Å². The minimum absolute atomic E-state index is 0.100. The van der Waals surface area contributed by atoms with Crippen molar-refractivity contribution in [1.82, 2.24) is 14.5 Å². The summed E-state index contributed by atoms with van der Waals surface area (Å²) >= 11 is 0. The van der Waals surface area contributed by atoms with E-state index in [-0.39, 0.29) is 30.2 Å². The Kier molecular flexibility index (Phi) is 5.16. The number of carbonyl (C=O) groups is 2. The van der Waals surface area contributed by atoms with Crippen molar-refractivity contribution in [2.45, 2.75) is 31.6 Å².